The molecular formula is C15H24O. The maximum absolute atomic E-state index is 9.28. The van der Waals surface area contributed by atoms with Crippen LogP contribution in [-0.4, -0.2) is 5.11 Å². The zero-order chi connectivity index (χ0) is 11.8. The molecule has 16 heavy (non-hydrogen) atoms. The van der Waals surface area contributed by atoms with Crippen molar-refractivity contribution in [1.82, 2.24) is 0 Å². The first-order valence-corrected chi connectivity index (χ1v) is 6.49. The summed E-state index contributed by atoms with van der Waals surface area (Å²) in [6, 6.07) is 7.44. The van der Waals surface area contributed by atoms with Crippen molar-refractivity contribution in [1.29, 1.82) is 0 Å². The van der Waals surface area contributed by atoms with Gasteiger partial charge in [-0.3, -0.25) is 0 Å². The van der Waals surface area contributed by atoms with Crippen molar-refractivity contribution in [3.05, 3.63) is 29.8 Å². The van der Waals surface area contributed by atoms with Crippen LogP contribution in [-0.2, 0) is 0 Å². The summed E-state index contributed by atoms with van der Waals surface area (Å²) in [5, 5.41) is 9.28. The molecule has 0 aliphatic heterocycles. The van der Waals surface area contributed by atoms with Gasteiger partial charge in [0.2, 0.25) is 0 Å². The van der Waals surface area contributed by atoms with Gasteiger partial charge in [0.05, 0.1) is 0 Å². The van der Waals surface area contributed by atoms with Gasteiger partial charge in [0.15, 0.2) is 0 Å². The molecule has 1 nitrogen and oxygen atoms in total. The van der Waals surface area contributed by atoms with E-state index in [4.69, 9.17) is 0 Å². The van der Waals surface area contributed by atoms with Crippen molar-refractivity contribution >= 4 is 0 Å². The van der Waals surface area contributed by atoms with Gasteiger partial charge >= 0.3 is 0 Å². The smallest absolute Gasteiger partial charge is 0.119 e. The molecule has 0 aromatic heterocycles. The molecule has 1 aliphatic carbocycles. The van der Waals surface area contributed by atoms with Crippen LogP contribution in [0, 0.1) is 0 Å². The maximum atomic E-state index is 9.28. The fraction of sp³-hybridized carbons (Fsp3) is 0.600. The Balaban J connectivity index is 0.000000181. The summed E-state index contributed by atoms with van der Waals surface area (Å²) < 4.78 is 0. The van der Waals surface area contributed by atoms with Crippen LogP contribution in [0.5, 0.6) is 5.75 Å². The van der Waals surface area contributed by atoms with Crippen molar-refractivity contribution in [2.75, 3.05) is 0 Å². The Morgan fingerprint density at radius 1 is 0.875 bits per heavy atom. The van der Waals surface area contributed by atoms with E-state index in [-0.39, 0.29) is 0 Å². The van der Waals surface area contributed by atoms with Crippen LogP contribution in [0.3, 0.4) is 0 Å². The van der Waals surface area contributed by atoms with Crippen LogP contribution < -0.4 is 0 Å². The van der Waals surface area contributed by atoms with E-state index in [0.717, 1.165) is 5.56 Å². The minimum atomic E-state index is 0.400. The third-order valence-corrected chi connectivity index (χ3v) is 3.06. The molecule has 1 heteroatoms. The van der Waals surface area contributed by atoms with Crippen molar-refractivity contribution in [3.8, 4) is 5.75 Å². The highest BCUT2D eigenvalue weighted by Gasteiger charge is 2.02. The molecule has 0 bridgehead atoms. The summed E-state index contributed by atoms with van der Waals surface area (Å²) in [7, 11) is 0. The molecule has 90 valence electrons. The van der Waals surface area contributed by atoms with Gasteiger partial charge in [-0.15, -0.1) is 0 Å². The number of benzene rings is 1. The lowest BCUT2D eigenvalue weighted by Gasteiger charge is -2.05. The fourth-order valence-electron chi connectivity index (χ4n) is 2.04. The molecule has 0 unspecified atom stereocenters. The number of aromatic hydroxyl groups is 1. The third-order valence-electron chi connectivity index (χ3n) is 3.06. The van der Waals surface area contributed by atoms with Gasteiger partial charge in [-0.1, -0.05) is 70.6 Å². The van der Waals surface area contributed by atoms with E-state index in [1.165, 1.54) is 38.5 Å². The Hall–Kier alpha value is -0.980. The van der Waals surface area contributed by atoms with E-state index in [1.54, 1.807) is 6.07 Å². The molecule has 0 amide bonds. The molecule has 1 saturated carbocycles. The number of hydrogen-bond donors (Lipinski definition) is 1. The molecule has 0 spiro atoms. The van der Waals surface area contributed by atoms with E-state index in [9.17, 15) is 5.11 Å². The lowest BCUT2D eigenvalue weighted by Crippen LogP contribution is -1.85. The lowest BCUT2D eigenvalue weighted by atomic mass is 10.0. The Morgan fingerprint density at radius 3 is 1.62 bits per heavy atom. The average molecular weight is 220 g/mol. The molecule has 1 aromatic carbocycles. The number of rotatable bonds is 1. The highest BCUT2D eigenvalue weighted by atomic mass is 16.3. The van der Waals surface area contributed by atoms with Gasteiger partial charge in [0.25, 0.3) is 0 Å². The van der Waals surface area contributed by atoms with E-state index in [0.29, 0.717) is 11.7 Å². The minimum absolute atomic E-state index is 0.400. The van der Waals surface area contributed by atoms with Crippen molar-refractivity contribution in [3.63, 3.8) is 0 Å². The molecule has 0 saturated heterocycles. The quantitative estimate of drug-likeness (QED) is 0.717. The summed E-state index contributed by atoms with van der Waals surface area (Å²) in [4.78, 5) is 0. The Morgan fingerprint density at radius 2 is 1.31 bits per heavy atom. The van der Waals surface area contributed by atoms with Crippen LogP contribution in [0.1, 0.15) is 63.9 Å². The average Bonchev–Trinajstić information content (AvgIpc) is 2.32. The first kappa shape index (κ1) is 13.1. The third kappa shape index (κ3) is 4.69. The van der Waals surface area contributed by atoms with Crippen molar-refractivity contribution < 1.29 is 5.11 Å². The van der Waals surface area contributed by atoms with Gasteiger partial charge in [-0.05, 0) is 17.5 Å². The summed E-state index contributed by atoms with van der Waals surface area (Å²) >= 11 is 0. The summed E-state index contributed by atoms with van der Waals surface area (Å²) in [6.45, 7) is 4.13. The predicted molar refractivity (Wildman–Crippen MR) is 69.9 cm³/mol. The van der Waals surface area contributed by atoms with Crippen LogP contribution >= 0.6 is 0 Å². The van der Waals surface area contributed by atoms with E-state index >= 15 is 0 Å². The highest BCUT2D eigenvalue weighted by molar-refractivity contribution is 5.33. The molecular weight excluding hydrogens is 196 g/mol. The second-order valence-corrected chi connectivity index (χ2v) is 4.83. The van der Waals surface area contributed by atoms with E-state index < -0.39 is 0 Å². The van der Waals surface area contributed by atoms with Crippen molar-refractivity contribution in [2.24, 2.45) is 0 Å². The number of phenols is 1. The van der Waals surface area contributed by atoms with Gasteiger partial charge in [-0.2, -0.15) is 0 Å². The molecule has 2 rings (SSSR count). The number of hydrogen-bond acceptors (Lipinski definition) is 1. The minimum Gasteiger partial charge on any atom is -0.508 e. The van der Waals surface area contributed by atoms with Crippen LogP contribution in [0.25, 0.3) is 0 Å². The van der Waals surface area contributed by atoms with Crippen LogP contribution in [0.4, 0.5) is 0 Å². The van der Waals surface area contributed by atoms with Gasteiger partial charge in [0.1, 0.15) is 5.75 Å². The highest BCUT2D eigenvalue weighted by Crippen LogP contribution is 2.23. The van der Waals surface area contributed by atoms with Crippen molar-refractivity contribution in [2.45, 2.75) is 58.3 Å². The van der Waals surface area contributed by atoms with E-state index in [1.807, 2.05) is 18.2 Å². The SMILES string of the molecule is C1CCCCC1.CC(C)c1ccccc1O. The fourth-order valence-corrected chi connectivity index (χ4v) is 2.04. The topological polar surface area (TPSA) is 20.2 Å². The Labute approximate surface area is 99.5 Å². The van der Waals surface area contributed by atoms with Crippen LogP contribution in [0.2, 0.25) is 0 Å². The molecule has 1 aromatic rings. The van der Waals surface area contributed by atoms with E-state index in [2.05, 4.69) is 13.8 Å². The summed E-state index contributed by atoms with van der Waals surface area (Å²) in [5.74, 6) is 0.804. The Kier molecular flexibility index (Phi) is 5.99. The molecule has 0 heterocycles. The van der Waals surface area contributed by atoms with Gasteiger partial charge in [-0.25, -0.2) is 0 Å². The second kappa shape index (κ2) is 7.32. The molecule has 1 aliphatic rings. The standard InChI is InChI=1S/C9H12O.C6H12/c1-7(2)8-5-3-4-6-9(8)10;1-2-4-6-5-3-1/h3-7,10H,1-2H3;1-6H2. The lowest BCUT2D eigenvalue weighted by molar-refractivity contribution is 0.465. The predicted octanol–water partition coefficient (Wildman–Crippen LogP) is 4.86. The normalized spacial score (nSPS) is 15.4. The first-order valence-electron chi connectivity index (χ1n) is 6.49. The van der Waals surface area contributed by atoms with Gasteiger partial charge < -0.3 is 5.11 Å². The monoisotopic (exact) mass is 220 g/mol. The van der Waals surface area contributed by atoms with Crippen LogP contribution in [0.15, 0.2) is 24.3 Å². The number of para-hydroxylation sites is 1. The zero-order valence-corrected chi connectivity index (χ0v) is 10.6. The summed E-state index contributed by atoms with van der Waals surface area (Å²) in [5.41, 5.74) is 1.02. The largest absolute Gasteiger partial charge is 0.508 e. The molecule has 1 N–H and O–H groups in total. The summed E-state index contributed by atoms with van der Waals surface area (Å²) in [6.07, 6.45) is 9.00. The number of phenolic OH excluding ortho intramolecular Hbond substituents is 1. The molecule has 0 radical (unpaired) electrons. The second-order valence-electron chi connectivity index (χ2n) is 4.83. The molecule has 0 atom stereocenters. The molecule has 1 fully saturated rings. The first-order chi connectivity index (χ1) is 7.72. The zero-order valence-electron chi connectivity index (χ0n) is 10.6. The maximum Gasteiger partial charge on any atom is 0.119 e. The van der Waals surface area contributed by atoms with Gasteiger partial charge in [0, 0.05) is 0 Å². The Bertz CT molecular complexity index is 276.